The van der Waals surface area contributed by atoms with E-state index >= 15 is 0 Å². The molecular weight excluding hydrogens is 118 g/mol. The molecule has 0 aromatic rings. The maximum atomic E-state index is 2.25. The molecule has 0 amide bonds. The van der Waals surface area contributed by atoms with Gasteiger partial charge >= 0.3 is 0 Å². The lowest BCUT2D eigenvalue weighted by molar-refractivity contribution is -0.473. The van der Waals surface area contributed by atoms with Gasteiger partial charge in [0.2, 0.25) is 0 Å². The van der Waals surface area contributed by atoms with Crippen LogP contribution in [0.15, 0.2) is 0 Å². The average molecular weight is 124 g/mol. The summed E-state index contributed by atoms with van der Waals surface area (Å²) in [5, 5.41) is 2.25. The van der Waals surface area contributed by atoms with Gasteiger partial charge in [-0.05, 0) is 0 Å². The zero-order chi connectivity index (χ0) is 2.12. The van der Waals surface area contributed by atoms with Gasteiger partial charge in [0.15, 0.2) is 0 Å². The second-order valence-electron chi connectivity index (χ2n) is 0.866. The summed E-state index contributed by atoms with van der Waals surface area (Å²) in [5.41, 5.74) is 0. The molecule has 26 valence electrons. The van der Waals surface area contributed by atoms with Gasteiger partial charge in [-0.3, -0.25) is 0 Å². The van der Waals surface area contributed by atoms with Gasteiger partial charge in [0.05, 0.1) is 0 Å². The van der Waals surface area contributed by atoms with E-state index in [2.05, 4.69) is 5.32 Å². The first-order valence-electron chi connectivity index (χ1n) is 1.32. The van der Waals surface area contributed by atoms with E-state index < -0.39 is 0 Å². The van der Waals surface area contributed by atoms with Crippen molar-refractivity contribution < 1.29 is 22.3 Å². The van der Waals surface area contributed by atoms with Crippen molar-refractivity contribution in [2.45, 2.75) is 0 Å². The van der Waals surface area contributed by atoms with Gasteiger partial charge in [-0.1, -0.05) is 0 Å². The van der Waals surface area contributed by atoms with Crippen molar-refractivity contribution in [3.63, 3.8) is 0 Å². The fourth-order valence-electron chi connectivity index (χ4n) is 0. The lowest BCUT2D eigenvalue weighted by Crippen LogP contribution is -3.00. The van der Waals surface area contributed by atoms with E-state index in [1.165, 1.54) is 13.1 Å². The highest BCUT2D eigenvalue weighted by Gasteiger charge is 1.99. The van der Waals surface area contributed by atoms with E-state index in [0.717, 1.165) is 0 Å². The fourth-order valence-corrected chi connectivity index (χ4v) is 0. The quantitative estimate of drug-likeness (QED) is 0.314. The molecule has 0 atom stereocenters. The number of rotatable bonds is 0. The van der Waals surface area contributed by atoms with Crippen molar-refractivity contribution in [3.05, 3.63) is 0 Å². The minimum absolute atomic E-state index is 0. The summed E-state index contributed by atoms with van der Waals surface area (Å²) in [6.07, 6.45) is 0. The Labute approximate surface area is 36.2 Å². The third kappa shape index (κ3) is 2.44. The second kappa shape index (κ2) is 1.73. The van der Waals surface area contributed by atoms with Crippen LogP contribution in [-0.2, 0) is 0 Å². The van der Waals surface area contributed by atoms with E-state index in [-0.39, 0.29) is 17.0 Å². The highest BCUT2D eigenvalue weighted by molar-refractivity contribution is 4.23. The number of hydrogen-bond donors (Lipinski definition) is 1. The first-order chi connectivity index (χ1) is 1.50. The number of nitrogens with two attached hydrogens (primary N) is 1. The van der Waals surface area contributed by atoms with Crippen molar-refractivity contribution in [1.82, 2.24) is 0 Å². The lowest BCUT2D eigenvalue weighted by atomic mass is 11.0. The number of quaternary nitrogens is 1. The molecule has 1 aliphatic heterocycles. The monoisotopic (exact) mass is 123 g/mol. The van der Waals surface area contributed by atoms with Crippen molar-refractivity contribution in [1.29, 1.82) is 0 Å². The van der Waals surface area contributed by atoms with Crippen LogP contribution in [0.1, 0.15) is 0 Å². The fraction of sp³-hybridized carbons (Fsp3) is 1.00. The predicted molar refractivity (Wildman–Crippen MR) is 11.7 cm³/mol. The van der Waals surface area contributed by atoms with Crippen molar-refractivity contribution >= 4 is 0 Å². The maximum Gasteiger partial charge on any atom is 0.125 e. The van der Waals surface area contributed by atoms with Gasteiger partial charge in [-0.25, -0.2) is 0 Å². The van der Waals surface area contributed by atoms with Crippen molar-refractivity contribution in [2.24, 2.45) is 0 Å². The molecule has 0 aromatic carbocycles. The van der Waals surface area contributed by atoms with E-state index in [4.69, 9.17) is 0 Å². The molecule has 1 rings (SSSR count). The Hall–Kier alpha value is 0.440. The zero-order valence-corrected chi connectivity index (χ0v) is 3.96. The van der Waals surface area contributed by atoms with Crippen LogP contribution in [0.4, 0.5) is 0 Å². The van der Waals surface area contributed by atoms with E-state index in [0.29, 0.717) is 0 Å². The van der Waals surface area contributed by atoms with Crippen LogP contribution in [0.3, 0.4) is 0 Å². The molecule has 0 aromatic heterocycles. The van der Waals surface area contributed by atoms with Gasteiger partial charge in [0.1, 0.15) is 13.1 Å². The Morgan fingerprint density at radius 2 is 1.50 bits per heavy atom. The van der Waals surface area contributed by atoms with Crippen LogP contribution < -0.4 is 22.3 Å². The Morgan fingerprint density at radius 1 is 1.25 bits per heavy atom. The summed E-state index contributed by atoms with van der Waals surface area (Å²) in [7, 11) is 0. The predicted octanol–water partition coefficient (Wildman–Crippen LogP) is -4.43. The maximum absolute atomic E-state index is 2.25. The largest absolute Gasteiger partial charge is 1.00 e. The van der Waals surface area contributed by atoms with Crippen LogP contribution in [-0.4, -0.2) is 13.1 Å². The molecule has 1 fully saturated rings. The number of halogens is 1. The average Bonchev–Trinajstić information content (AvgIpc) is 1.46. The summed E-state index contributed by atoms with van der Waals surface area (Å²) in [6, 6.07) is 0. The summed E-state index contributed by atoms with van der Waals surface area (Å²) in [5.74, 6) is 0. The minimum Gasteiger partial charge on any atom is -1.00 e. The summed E-state index contributed by atoms with van der Waals surface area (Å²) < 4.78 is 0. The van der Waals surface area contributed by atoms with Crippen LogP contribution in [0.2, 0.25) is 0 Å². The Balaban J connectivity index is 0.0000000900. The van der Waals surface area contributed by atoms with Crippen LogP contribution >= 0.6 is 0 Å². The topological polar surface area (TPSA) is 16.6 Å². The lowest BCUT2D eigenvalue weighted by Gasteiger charge is -1.20. The highest BCUT2D eigenvalue weighted by atomic mass is 79.9. The van der Waals surface area contributed by atoms with E-state index in [1.807, 2.05) is 0 Å². The Kier molecular flexibility index (Phi) is 1.92. The number of hydrogen-bond acceptors (Lipinski definition) is 0. The molecule has 0 saturated carbocycles. The molecule has 1 heterocycles. The van der Waals surface area contributed by atoms with Crippen molar-refractivity contribution in [3.8, 4) is 0 Å². The molecule has 1 aliphatic rings. The standard InChI is InChI=1S/C2H5N.BrH/c1-2-3-1;/h3H,1-2H2;1H. The highest BCUT2D eigenvalue weighted by Crippen LogP contribution is 1.39. The molecule has 1 nitrogen and oxygen atoms in total. The SMILES string of the molecule is C1C[NH2+]1.[Br-]. The molecule has 0 radical (unpaired) electrons. The first kappa shape index (κ1) is 4.44. The van der Waals surface area contributed by atoms with Gasteiger partial charge < -0.3 is 22.3 Å². The van der Waals surface area contributed by atoms with Gasteiger partial charge in [0, 0.05) is 0 Å². The Morgan fingerprint density at radius 3 is 1.50 bits per heavy atom. The molecule has 1 saturated heterocycles. The third-order valence-corrected chi connectivity index (χ3v) is 0.289. The molecule has 0 unspecified atom stereocenters. The summed E-state index contributed by atoms with van der Waals surface area (Å²) in [6.45, 7) is 2.75. The van der Waals surface area contributed by atoms with Gasteiger partial charge in [-0.15, -0.1) is 0 Å². The van der Waals surface area contributed by atoms with Crippen LogP contribution in [0, 0.1) is 0 Å². The van der Waals surface area contributed by atoms with Crippen molar-refractivity contribution in [2.75, 3.05) is 13.1 Å². The molecule has 2 N–H and O–H groups in total. The molecule has 0 bridgehead atoms. The molecule has 2 heteroatoms. The van der Waals surface area contributed by atoms with E-state index in [1.54, 1.807) is 0 Å². The summed E-state index contributed by atoms with van der Waals surface area (Å²) in [4.78, 5) is 0. The second-order valence-corrected chi connectivity index (χ2v) is 0.866. The van der Waals surface area contributed by atoms with E-state index in [9.17, 15) is 0 Å². The third-order valence-electron chi connectivity index (χ3n) is 0.289. The smallest absolute Gasteiger partial charge is 0.125 e. The molecule has 0 spiro atoms. The first-order valence-corrected chi connectivity index (χ1v) is 1.32. The molecule has 0 aliphatic carbocycles. The van der Waals surface area contributed by atoms with Crippen LogP contribution in [0.5, 0.6) is 0 Å². The zero-order valence-electron chi connectivity index (χ0n) is 2.37. The molecule has 4 heavy (non-hydrogen) atoms. The van der Waals surface area contributed by atoms with Gasteiger partial charge in [-0.2, -0.15) is 0 Å². The molecular formula is C2H6BrN. The minimum atomic E-state index is 0. The normalized spacial score (nSPS) is 18.0. The summed E-state index contributed by atoms with van der Waals surface area (Å²) >= 11 is 0. The Bertz CT molecular complexity index is 10.8. The van der Waals surface area contributed by atoms with Crippen LogP contribution in [0.25, 0.3) is 0 Å². The van der Waals surface area contributed by atoms with Gasteiger partial charge in [0.25, 0.3) is 0 Å².